The van der Waals surface area contributed by atoms with E-state index >= 15 is 0 Å². The second-order valence-corrected chi connectivity index (χ2v) is 6.04. The van der Waals surface area contributed by atoms with Gasteiger partial charge in [0.25, 0.3) is 5.91 Å². The molecule has 0 bridgehead atoms. The molecular formula is C17H13ClN4O2. The maximum atomic E-state index is 12.8. The van der Waals surface area contributed by atoms with Gasteiger partial charge < -0.3 is 5.32 Å². The number of nitrogens with zero attached hydrogens (tertiary/aromatic N) is 3. The molecule has 0 radical (unpaired) electrons. The number of carbonyl (C=O) groups is 2. The van der Waals surface area contributed by atoms with Crippen LogP contribution in [0.1, 0.15) is 23.6 Å². The summed E-state index contributed by atoms with van der Waals surface area (Å²) < 4.78 is 0. The van der Waals surface area contributed by atoms with Crippen LogP contribution in [0.15, 0.2) is 42.7 Å². The Bertz CT molecular complexity index is 863. The van der Waals surface area contributed by atoms with Gasteiger partial charge in [-0.05, 0) is 30.7 Å². The molecule has 0 spiro atoms. The lowest BCUT2D eigenvalue weighted by Crippen LogP contribution is -2.40. The van der Waals surface area contributed by atoms with E-state index in [-0.39, 0.29) is 12.5 Å². The zero-order valence-corrected chi connectivity index (χ0v) is 13.5. The van der Waals surface area contributed by atoms with E-state index in [1.165, 1.54) is 6.07 Å². The molecule has 6 nitrogen and oxygen atoms in total. The molecule has 0 saturated carbocycles. The number of nitrogens with one attached hydrogen (secondary N) is 1. The summed E-state index contributed by atoms with van der Waals surface area (Å²) in [4.78, 5) is 30.2. The van der Waals surface area contributed by atoms with Gasteiger partial charge in [0, 0.05) is 23.0 Å². The van der Waals surface area contributed by atoms with Crippen LogP contribution in [0.2, 0.25) is 5.02 Å². The lowest BCUT2D eigenvalue weighted by Gasteiger charge is -2.21. The molecular weight excluding hydrogens is 328 g/mol. The average molecular weight is 341 g/mol. The zero-order chi connectivity index (χ0) is 17.3. The summed E-state index contributed by atoms with van der Waals surface area (Å²) in [6.45, 7) is 1.64. The molecule has 3 rings (SSSR count). The van der Waals surface area contributed by atoms with Crippen LogP contribution in [-0.2, 0) is 16.9 Å². The van der Waals surface area contributed by atoms with Crippen LogP contribution in [0.25, 0.3) is 0 Å². The first-order chi connectivity index (χ1) is 11.5. The largest absolute Gasteiger partial charge is 0.325 e. The predicted octanol–water partition coefficient (Wildman–Crippen LogP) is 2.57. The summed E-state index contributed by atoms with van der Waals surface area (Å²) in [6.07, 6.45) is 3.14. The first kappa shape index (κ1) is 16.0. The first-order valence-electron chi connectivity index (χ1n) is 7.19. The van der Waals surface area contributed by atoms with Gasteiger partial charge in [0.15, 0.2) is 0 Å². The Morgan fingerprint density at radius 1 is 1.38 bits per heavy atom. The number of rotatable bonds is 3. The number of urea groups is 1. The second-order valence-electron chi connectivity index (χ2n) is 5.60. The number of aromatic nitrogens is 1. The Morgan fingerprint density at radius 3 is 2.83 bits per heavy atom. The molecule has 1 N–H and O–H groups in total. The molecule has 1 aliphatic heterocycles. The molecule has 7 heteroatoms. The lowest BCUT2D eigenvalue weighted by molar-refractivity contribution is -0.131. The van der Waals surface area contributed by atoms with Gasteiger partial charge in [0.1, 0.15) is 5.54 Å². The average Bonchev–Trinajstić information content (AvgIpc) is 2.81. The van der Waals surface area contributed by atoms with Crippen LogP contribution in [0.5, 0.6) is 0 Å². The summed E-state index contributed by atoms with van der Waals surface area (Å²) in [5.74, 6) is -0.390. The van der Waals surface area contributed by atoms with Gasteiger partial charge in [0.05, 0.1) is 18.2 Å². The van der Waals surface area contributed by atoms with E-state index < -0.39 is 11.6 Å². The minimum absolute atomic E-state index is 0.000576. The van der Waals surface area contributed by atoms with Gasteiger partial charge in [-0.25, -0.2) is 4.79 Å². The summed E-state index contributed by atoms with van der Waals surface area (Å²) in [5, 5.41) is 12.3. The quantitative estimate of drug-likeness (QED) is 0.870. The standard InChI is InChI=1S/C17H13ClN4O2/c1-17(13-3-2-6-20-9-13)15(23)22(16(24)21-17)10-11-4-5-14(18)7-12(11)8-19/h2-7,9H,10H2,1H3,(H,21,24)/t17-/m0/s1. The second kappa shape index (κ2) is 5.95. The van der Waals surface area contributed by atoms with Gasteiger partial charge in [-0.15, -0.1) is 0 Å². The van der Waals surface area contributed by atoms with Crippen LogP contribution < -0.4 is 5.32 Å². The normalized spacial score (nSPS) is 20.0. The predicted molar refractivity (Wildman–Crippen MR) is 86.8 cm³/mol. The number of benzene rings is 1. The number of nitriles is 1. The first-order valence-corrected chi connectivity index (χ1v) is 7.56. The van der Waals surface area contributed by atoms with Crippen LogP contribution in [-0.4, -0.2) is 21.8 Å². The van der Waals surface area contributed by atoms with Crippen molar-refractivity contribution in [3.8, 4) is 6.07 Å². The molecule has 24 heavy (non-hydrogen) atoms. The zero-order valence-electron chi connectivity index (χ0n) is 12.8. The summed E-state index contributed by atoms with van der Waals surface area (Å²) in [6, 6.07) is 9.73. The Morgan fingerprint density at radius 2 is 2.17 bits per heavy atom. The Kier molecular flexibility index (Phi) is 3.96. The summed E-state index contributed by atoms with van der Waals surface area (Å²) in [5.41, 5.74) is 0.311. The topological polar surface area (TPSA) is 86.1 Å². The van der Waals surface area contributed by atoms with Crippen molar-refractivity contribution < 1.29 is 9.59 Å². The Labute approximate surface area is 143 Å². The van der Waals surface area contributed by atoms with Gasteiger partial charge in [-0.1, -0.05) is 23.7 Å². The number of pyridine rings is 1. The van der Waals surface area contributed by atoms with Gasteiger partial charge in [-0.3, -0.25) is 14.7 Å². The third-order valence-electron chi connectivity index (χ3n) is 4.03. The number of halogens is 1. The summed E-state index contributed by atoms with van der Waals surface area (Å²) >= 11 is 5.88. The van der Waals surface area contributed by atoms with Crippen molar-refractivity contribution in [1.29, 1.82) is 5.26 Å². The number of hydrogen-bond donors (Lipinski definition) is 1. The molecule has 1 fully saturated rings. The lowest BCUT2D eigenvalue weighted by atomic mass is 9.93. The van der Waals surface area contributed by atoms with Crippen LogP contribution in [0, 0.1) is 11.3 Å². The van der Waals surface area contributed by atoms with E-state index in [0.717, 1.165) is 4.90 Å². The van der Waals surface area contributed by atoms with Crippen molar-refractivity contribution in [2.24, 2.45) is 0 Å². The maximum absolute atomic E-state index is 12.8. The van der Waals surface area contributed by atoms with Crippen molar-refractivity contribution in [2.75, 3.05) is 0 Å². The molecule has 2 heterocycles. The SMILES string of the molecule is C[C@@]1(c2cccnc2)NC(=O)N(Cc2ccc(Cl)cc2C#N)C1=O. The van der Waals surface area contributed by atoms with E-state index in [4.69, 9.17) is 11.6 Å². The third-order valence-corrected chi connectivity index (χ3v) is 4.27. The van der Waals surface area contributed by atoms with E-state index in [9.17, 15) is 14.9 Å². The number of hydrogen-bond acceptors (Lipinski definition) is 4. The highest BCUT2D eigenvalue weighted by molar-refractivity contribution is 6.30. The van der Waals surface area contributed by atoms with Crippen LogP contribution in [0.3, 0.4) is 0 Å². The highest BCUT2D eigenvalue weighted by atomic mass is 35.5. The highest BCUT2D eigenvalue weighted by Crippen LogP contribution is 2.29. The molecule has 1 atom stereocenters. The number of amides is 3. The van der Waals surface area contributed by atoms with Crippen LogP contribution in [0.4, 0.5) is 4.79 Å². The molecule has 1 saturated heterocycles. The highest BCUT2D eigenvalue weighted by Gasteiger charge is 2.49. The fourth-order valence-corrected chi connectivity index (χ4v) is 2.83. The Hall–Kier alpha value is -2.91. The fourth-order valence-electron chi connectivity index (χ4n) is 2.66. The van der Waals surface area contributed by atoms with E-state index in [0.29, 0.717) is 21.7 Å². The van der Waals surface area contributed by atoms with Crippen molar-refractivity contribution in [3.05, 3.63) is 64.4 Å². The molecule has 1 aromatic carbocycles. The van der Waals surface area contributed by atoms with E-state index in [2.05, 4.69) is 10.3 Å². The van der Waals surface area contributed by atoms with Crippen LogP contribution >= 0.6 is 11.6 Å². The maximum Gasteiger partial charge on any atom is 0.325 e. The van der Waals surface area contributed by atoms with Gasteiger partial charge in [-0.2, -0.15) is 5.26 Å². The van der Waals surface area contributed by atoms with Gasteiger partial charge >= 0.3 is 6.03 Å². The van der Waals surface area contributed by atoms with Gasteiger partial charge in [0.2, 0.25) is 0 Å². The summed E-state index contributed by atoms with van der Waals surface area (Å²) in [7, 11) is 0. The van der Waals surface area contributed by atoms with Crippen molar-refractivity contribution in [3.63, 3.8) is 0 Å². The molecule has 120 valence electrons. The minimum Gasteiger partial charge on any atom is -0.319 e. The molecule has 3 amide bonds. The number of carbonyl (C=O) groups excluding carboxylic acids is 2. The minimum atomic E-state index is -1.18. The van der Waals surface area contributed by atoms with E-state index in [1.54, 1.807) is 43.6 Å². The molecule has 2 aromatic rings. The monoisotopic (exact) mass is 340 g/mol. The smallest absolute Gasteiger partial charge is 0.319 e. The van der Waals surface area contributed by atoms with Crippen molar-refractivity contribution in [1.82, 2.24) is 15.2 Å². The molecule has 0 unspecified atom stereocenters. The third kappa shape index (κ3) is 2.59. The molecule has 1 aliphatic rings. The number of imide groups is 1. The molecule has 1 aromatic heterocycles. The van der Waals surface area contributed by atoms with Crippen molar-refractivity contribution >= 4 is 23.5 Å². The van der Waals surface area contributed by atoms with Crippen molar-refractivity contribution in [2.45, 2.75) is 19.0 Å². The van der Waals surface area contributed by atoms with E-state index in [1.807, 2.05) is 6.07 Å². The Balaban J connectivity index is 1.93. The molecule has 0 aliphatic carbocycles. The fraction of sp³-hybridized carbons (Fsp3) is 0.176.